The van der Waals surface area contributed by atoms with Crippen molar-refractivity contribution in [2.24, 2.45) is 0 Å². The van der Waals surface area contributed by atoms with Crippen LogP contribution in [0, 0.1) is 0 Å². The standard InChI is InChI=1S/C32H28O6S/c1-2-4-24-23(3-1)18(7-19-11-33-19)8-26-30-28(39-32(24)26)6-5-17-9-27(37-15-21-13-35-21)25(10-20-12-34-20)31(29(17)30)38-16-22-14-36-22/h1-6,8-9,19-22H,7,10-16H2. The first-order chi connectivity index (χ1) is 19.3. The minimum absolute atomic E-state index is 0.155. The van der Waals surface area contributed by atoms with Gasteiger partial charge in [0.15, 0.2) is 0 Å². The molecule has 0 radical (unpaired) electrons. The number of ether oxygens (including phenoxy) is 6. The number of epoxide rings is 4. The lowest BCUT2D eigenvalue weighted by Gasteiger charge is -2.19. The van der Waals surface area contributed by atoms with Gasteiger partial charge in [-0.25, -0.2) is 0 Å². The Bertz CT molecular complexity index is 1760. The van der Waals surface area contributed by atoms with Gasteiger partial charge in [0.05, 0.1) is 38.6 Å². The summed E-state index contributed by atoms with van der Waals surface area (Å²) in [4.78, 5) is 0. The maximum atomic E-state index is 6.68. The first-order valence-electron chi connectivity index (χ1n) is 13.9. The van der Waals surface area contributed by atoms with E-state index in [0.29, 0.717) is 19.3 Å². The second kappa shape index (κ2) is 8.78. The van der Waals surface area contributed by atoms with Crippen molar-refractivity contribution in [3.63, 3.8) is 0 Å². The highest BCUT2D eigenvalue weighted by Crippen LogP contribution is 2.49. The molecule has 4 unspecified atom stereocenters. The van der Waals surface area contributed by atoms with Crippen molar-refractivity contribution in [1.82, 2.24) is 0 Å². The molecule has 4 aliphatic heterocycles. The summed E-state index contributed by atoms with van der Waals surface area (Å²) in [6, 6.07) is 17.9. The number of thiophene rings is 1. The van der Waals surface area contributed by atoms with Gasteiger partial charge in [0, 0.05) is 44.0 Å². The Labute approximate surface area is 229 Å². The van der Waals surface area contributed by atoms with Crippen LogP contribution >= 0.6 is 11.3 Å². The van der Waals surface area contributed by atoms with Gasteiger partial charge in [-0.2, -0.15) is 0 Å². The highest BCUT2D eigenvalue weighted by Gasteiger charge is 2.32. The topological polar surface area (TPSA) is 68.6 Å². The van der Waals surface area contributed by atoms with Crippen LogP contribution in [0.15, 0.2) is 48.5 Å². The molecule has 9 rings (SSSR count). The van der Waals surface area contributed by atoms with Gasteiger partial charge in [0.1, 0.15) is 36.9 Å². The van der Waals surface area contributed by atoms with Crippen LogP contribution in [-0.4, -0.2) is 64.1 Å². The minimum Gasteiger partial charge on any atom is -0.490 e. The SMILES string of the molecule is c1ccc2c(c1)c(CC1CO1)cc1c2sc2ccc3cc(OCC4CO4)c(CC4CO4)c(OCC4CO4)c3c21. The van der Waals surface area contributed by atoms with Crippen molar-refractivity contribution >= 4 is 53.1 Å². The smallest absolute Gasteiger partial charge is 0.134 e. The molecule has 0 saturated carbocycles. The van der Waals surface area contributed by atoms with E-state index >= 15 is 0 Å². The van der Waals surface area contributed by atoms with E-state index in [-0.39, 0.29) is 18.3 Å². The third-order valence-electron chi connectivity index (χ3n) is 8.17. The molecular formula is C32H28O6S. The Morgan fingerprint density at radius 3 is 2.13 bits per heavy atom. The molecule has 0 bridgehead atoms. The lowest BCUT2D eigenvalue weighted by molar-refractivity contribution is 0.249. The van der Waals surface area contributed by atoms with E-state index in [0.717, 1.165) is 67.1 Å². The molecule has 0 amide bonds. The zero-order valence-corrected chi connectivity index (χ0v) is 22.3. The molecular weight excluding hydrogens is 512 g/mol. The average molecular weight is 541 g/mol. The molecule has 4 saturated heterocycles. The van der Waals surface area contributed by atoms with Crippen LogP contribution in [0.2, 0.25) is 0 Å². The Kier molecular flexibility index (Phi) is 5.14. The molecule has 7 heteroatoms. The molecule has 5 heterocycles. The summed E-state index contributed by atoms with van der Waals surface area (Å²) in [5.41, 5.74) is 2.44. The second-order valence-electron chi connectivity index (χ2n) is 11.1. The van der Waals surface area contributed by atoms with Gasteiger partial charge in [-0.15, -0.1) is 11.3 Å². The van der Waals surface area contributed by atoms with Crippen LogP contribution in [0.25, 0.3) is 41.7 Å². The first kappa shape index (κ1) is 22.8. The van der Waals surface area contributed by atoms with Crippen LogP contribution in [0.4, 0.5) is 0 Å². The van der Waals surface area contributed by atoms with Crippen molar-refractivity contribution in [2.75, 3.05) is 39.6 Å². The summed E-state index contributed by atoms with van der Waals surface area (Å²) in [5.74, 6) is 1.78. The highest BCUT2D eigenvalue weighted by molar-refractivity contribution is 7.26. The first-order valence-corrected chi connectivity index (χ1v) is 14.7. The predicted octanol–water partition coefficient (Wildman–Crippen LogP) is 5.80. The Morgan fingerprint density at radius 1 is 0.692 bits per heavy atom. The molecule has 4 aromatic carbocycles. The predicted molar refractivity (Wildman–Crippen MR) is 152 cm³/mol. The molecule has 0 N–H and O–H groups in total. The normalized spacial score (nSPS) is 25.0. The van der Waals surface area contributed by atoms with Crippen molar-refractivity contribution in [2.45, 2.75) is 37.3 Å². The zero-order chi connectivity index (χ0) is 25.5. The molecule has 5 aromatic rings. The summed E-state index contributed by atoms with van der Waals surface area (Å²) in [6.07, 6.45) is 2.57. The van der Waals surface area contributed by atoms with Crippen molar-refractivity contribution in [1.29, 1.82) is 0 Å². The van der Waals surface area contributed by atoms with Gasteiger partial charge in [-0.1, -0.05) is 30.3 Å². The van der Waals surface area contributed by atoms with Gasteiger partial charge in [0.2, 0.25) is 0 Å². The fraction of sp³-hybridized carbons (Fsp3) is 0.375. The number of rotatable bonds is 10. The van der Waals surface area contributed by atoms with E-state index < -0.39 is 0 Å². The molecule has 0 aliphatic carbocycles. The summed E-state index contributed by atoms with van der Waals surface area (Å²) in [7, 11) is 0. The minimum atomic E-state index is 0.155. The maximum Gasteiger partial charge on any atom is 0.134 e. The number of hydrogen-bond donors (Lipinski definition) is 0. The lowest BCUT2D eigenvalue weighted by atomic mass is 9.94. The summed E-state index contributed by atoms with van der Waals surface area (Å²) >= 11 is 1.87. The monoisotopic (exact) mass is 540 g/mol. The van der Waals surface area contributed by atoms with Gasteiger partial charge in [-0.3, -0.25) is 0 Å². The number of benzene rings is 4. The third-order valence-corrected chi connectivity index (χ3v) is 9.38. The van der Waals surface area contributed by atoms with Gasteiger partial charge < -0.3 is 28.4 Å². The fourth-order valence-electron chi connectivity index (χ4n) is 5.82. The van der Waals surface area contributed by atoms with E-state index in [4.69, 9.17) is 28.4 Å². The van der Waals surface area contributed by atoms with Crippen LogP contribution in [0.3, 0.4) is 0 Å². The average Bonchev–Trinajstić information content (AvgIpc) is 3.77. The van der Waals surface area contributed by atoms with Crippen LogP contribution in [0.1, 0.15) is 11.1 Å². The van der Waals surface area contributed by atoms with E-state index in [2.05, 4.69) is 48.5 Å². The lowest BCUT2D eigenvalue weighted by Crippen LogP contribution is -2.11. The molecule has 4 aliphatic rings. The maximum absolute atomic E-state index is 6.68. The van der Waals surface area contributed by atoms with Crippen LogP contribution in [-0.2, 0) is 31.8 Å². The van der Waals surface area contributed by atoms with Crippen molar-refractivity contribution in [3.05, 3.63) is 59.7 Å². The summed E-state index contributed by atoms with van der Waals surface area (Å²) in [5, 5.41) is 7.47. The Hall–Kier alpha value is -2.94. The number of fused-ring (bicyclic) bond motifs is 7. The molecule has 0 spiro atoms. The molecule has 198 valence electrons. The zero-order valence-electron chi connectivity index (χ0n) is 21.4. The van der Waals surface area contributed by atoms with Crippen LogP contribution in [0.5, 0.6) is 11.5 Å². The second-order valence-corrected chi connectivity index (χ2v) is 12.2. The molecule has 4 fully saturated rings. The van der Waals surface area contributed by atoms with E-state index in [1.165, 1.54) is 36.5 Å². The Balaban J connectivity index is 1.32. The molecule has 39 heavy (non-hydrogen) atoms. The largest absolute Gasteiger partial charge is 0.490 e. The van der Waals surface area contributed by atoms with E-state index in [1.807, 2.05) is 11.3 Å². The van der Waals surface area contributed by atoms with E-state index in [9.17, 15) is 0 Å². The highest BCUT2D eigenvalue weighted by atomic mass is 32.1. The van der Waals surface area contributed by atoms with Gasteiger partial charge in [0.25, 0.3) is 0 Å². The summed E-state index contributed by atoms with van der Waals surface area (Å²) < 4.78 is 37.9. The van der Waals surface area contributed by atoms with Crippen molar-refractivity contribution < 1.29 is 28.4 Å². The Morgan fingerprint density at radius 2 is 1.38 bits per heavy atom. The molecule has 4 atom stereocenters. The molecule has 6 nitrogen and oxygen atoms in total. The number of hydrogen-bond acceptors (Lipinski definition) is 7. The van der Waals surface area contributed by atoms with Gasteiger partial charge >= 0.3 is 0 Å². The third kappa shape index (κ3) is 4.24. The van der Waals surface area contributed by atoms with E-state index in [1.54, 1.807) is 0 Å². The van der Waals surface area contributed by atoms with Crippen LogP contribution < -0.4 is 9.47 Å². The quantitative estimate of drug-likeness (QED) is 0.209. The molecule has 1 aromatic heterocycles. The summed E-state index contributed by atoms with van der Waals surface area (Å²) in [6.45, 7) is 4.23. The van der Waals surface area contributed by atoms with Crippen molar-refractivity contribution in [3.8, 4) is 11.5 Å². The van der Waals surface area contributed by atoms with Gasteiger partial charge in [-0.05, 0) is 39.9 Å². The fourth-order valence-corrected chi connectivity index (χ4v) is 7.05.